The van der Waals surface area contributed by atoms with Gasteiger partial charge in [-0.05, 0) is 31.7 Å². The molecule has 0 amide bonds. The molecule has 0 fully saturated rings. The summed E-state index contributed by atoms with van der Waals surface area (Å²) in [7, 11) is 1.91. The Kier molecular flexibility index (Phi) is 5.02. The third-order valence-electron chi connectivity index (χ3n) is 3.42. The molecule has 0 spiro atoms. The van der Waals surface area contributed by atoms with Gasteiger partial charge in [-0.25, -0.2) is 0 Å². The third-order valence-corrected chi connectivity index (χ3v) is 4.16. The zero-order valence-electron chi connectivity index (χ0n) is 11.7. The normalized spacial score (nSPS) is 14.2. The van der Waals surface area contributed by atoms with Gasteiger partial charge in [0, 0.05) is 12.5 Å². The molecule has 2 rings (SSSR count). The monoisotopic (exact) mass is 313 g/mol. The van der Waals surface area contributed by atoms with E-state index in [4.69, 9.17) is 27.7 Å². The number of hydrogen-bond donors (Lipinski definition) is 1. The summed E-state index contributed by atoms with van der Waals surface area (Å²) in [5.74, 6) is 1.45. The van der Waals surface area contributed by atoms with E-state index in [1.54, 1.807) is 6.07 Å². The quantitative estimate of drug-likeness (QED) is 0.914. The van der Waals surface area contributed by atoms with Crippen LogP contribution in [0.4, 0.5) is 0 Å². The Morgan fingerprint density at radius 2 is 2.00 bits per heavy atom. The van der Waals surface area contributed by atoms with Gasteiger partial charge in [0.2, 0.25) is 5.89 Å². The molecule has 1 aromatic carbocycles. The van der Waals surface area contributed by atoms with Crippen molar-refractivity contribution in [3.63, 3.8) is 0 Å². The average Bonchev–Trinajstić information content (AvgIpc) is 2.89. The Morgan fingerprint density at radius 1 is 1.25 bits per heavy atom. The molecule has 2 atom stereocenters. The van der Waals surface area contributed by atoms with E-state index in [0.717, 1.165) is 5.56 Å². The van der Waals surface area contributed by atoms with Crippen LogP contribution in [0, 0.1) is 0 Å². The lowest BCUT2D eigenvalue weighted by atomic mass is 10.0. The van der Waals surface area contributed by atoms with Gasteiger partial charge in [0.15, 0.2) is 5.82 Å². The Bertz CT molecular complexity index is 586. The van der Waals surface area contributed by atoms with Crippen LogP contribution in [-0.2, 0) is 6.42 Å². The predicted octanol–water partition coefficient (Wildman–Crippen LogP) is 3.68. The summed E-state index contributed by atoms with van der Waals surface area (Å²) in [5, 5.41) is 8.26. The molecule has 0 aliphatic heterocycles. The van der Waals surface area contributed by atoms with Gasteiger partial charge in [0.25, 0.3) is 0 Å². The van der Waals surface area contributed by atoms with E-state index in [1.165, 1.54) is 0 Å². The van der Waals surface area contributed by atoms with E-state index in [2.05, 4.69) is 29.3 Å². The molecule has 20 heavy (non-hydrogen) atoms. The zero-order valence-corrected chi connectivity index (χ0v) is 13.2. The Balaban J connectivity index is 2.11. The van der Waals surface area contributed by atoms with Crippen molar-refractivity contribution in [1.29, 1.82) is 0 Å². The lowest BCUT2D eigenvalue weighted by Crippen LogP contribution is -2.27. The van der Waals surface area contributed by atoms with Crippen LogP contribution in [0.1, 0.15) is 37.0 Å². The highest BCUT2D eigenvalue weighted by molar-refractivity contribution is 6.42. The average molecular weight is 314 g/mol. The van der Waals surface area contributed by atoms with Crippen LogP contribution >= 0.6 is 23.2 Å². The summed E-state index contributed by atoms with van der Waals surface area (Å²) in [5.41, 5.74) is 1.00. The lowest BCUT2D eigenvalue weighted by Gasteiger charge is -2.14. The number of aromatic nitrogens is 2. The smallest absolute Gasteiger partial charge is 0.231 e. The van der Waals surface area contributed by atoms with Gasteiger partial charge >= 0.3 is 0 Å². The highest BCUT2D eigenvalue weighted by atomic mass is 35.5. The van der Waals surface area contributed by atoms with Crippen molar-refractivity contribution in [2.24, 2.45) is 0 Å². The fraction of sp³-hybridized carbons (Fsp3) is 0.429. The van der Waals surface area contributed by atoms with E-state index in [0.29, 0.717) is 28.2 Å². The SMILES string of the molecule is CNC(C)C(C)c1nc(Cc2ccc(Cl)c(Cl)c2)no1. The van der Waals surface area contributed by atoms with Crippen molar-refractivity contribution in [1.82, 2.24) is 15.5 Å². The maximum absolute atomic E-state index is 5.99. The standard InChI is InChI=1S/C14H17Cl2N3O/c1-8(9(2)17-3)14-18-13(19-20-14)7-10-4-5-11(15)12(16)6-10/h4-6,8-9,17H,7H2,1-3H3. The Morgan fingerprint density at radius 3 is 2.65 bits per heavy atom. The van der Waals surface area contributed by atoms with Crippen molar-refractivity contribution in [2.45, 2.75) is 32.2 Å². The highest BCUT2D eigenvalue weighted by Crippen LogP contribution is 2.24. The second kappa shape index (κ2) is 6.57. The molecular formula is C14H17Cl2N3O. The Labute approximate surface area is 128 Å². The second-order valence-corrected chi connectivity index (χ2v) is 5.65. The van der Waals surface area contributed by atoms with Crippen molar-refractivity contribution in [2.75, 3.05) is 7.05 Å². The summed E-state index contributed by atoms with van der Waals surface area (Å²) in [6.07, 6.45) is 0.570. The van der Waals surface area contributed by atoms with Crippen LogP contribution in [0.2, 0.25) is 10.0 Å². The number of hydrogen-bond acceptors (Lipinski definition) is 4. The van der Waals surface area contributed by atoms with Crippen molar-refractivity contribution in [3.8, 4) is 0 Å². The van der Waals surface area contributed by atoms with Crippen LogP contribution in [0.5, 0.6) is 0 Å². The minimum Gasteiger partial charge on any atom is -0.339 e. The Hall–Kier alpha value is -1.10. The molecule has 0 aliphatic carbocycles. The molecule has 108 valence electrons. The number of nitrogens with one attached hydrogen (secondary N) is 1. The number of halogens is 2. The number of nitrogens with zero attached hydrogens (tertiary/aromatic N) is 2. The lowest BCUT2D eigenvalue weighted by molar-refractivity contribution is 0.333. The predicted molar refractivity (Wildman–Crippen MR) is 80.5 cm³/mol. The van der Waals surface area contributed by atoms with Gasteiger partial charge in [-0.2, -0.15) is 4.98 Å². The first-order valence-electron chi connectivity index (χ1n) is 6.45. The summed E-state index contributed by atoms with van der Waals surface area (Å²) in [6.45, 7) is 4.13. The molecule has 1 heterocycles. The first kappa shape index (κ1) is 15.3. The second-order valence-electron chi connectivity index (χ2n) is 4.84. The van der Waals surface area contributed by atoms with Crippen molar-refractivity contribution < 1.29 is 4.52 Å². The third kappa shape index (κ3) is 3.51. The summed E-state index contributed by atoms with van der Waals surface area (Å²) < 4.78 is 5.32. The number of benzene rings is 1. The summed E-state index contributed by atoms with van der Waals surface area (Å²) in [6, 6.07) is 5.77. The molecule has 2 aromatic rings. The van der Waals surface area contributed by atoms with E-state index >= 15 is 0 Å². The van der Waals surface area contributed by atoms with E-state index < -0.39 is 0 Å². The molecule has 0 radical (unpaired) electrons. The first-order chi connectivity index (χ1) is 9.51. The fourth-order valence-corrected chi connectivity index (χ4v) is 2.14. The number of likely N-dealkylation sites (N-methyl/N-ethyl adjacent to an activating group) is 1. The molecule has 0 aliphatic rings. The largest absolute Gasteiger partial charge is 0.339 e. The molecule has 0 saturated heterocycles. The molecule has 0 bridgehead atoms. The van der Waals surface area contributed by atoms with Crippen LogP contribution < -0.4 is 5.32 Å². The minimum absolute atomic E-state index is 0.162. The van der Waals surface area contributed by atoms with Gasteiger partial charge in [-0.1, -0.05) is 41.3 Å². The minimum atomic E-state index is 0.162. The topological polar surface area (TPSA) is 51.0 Å². The van der Waals surface area contributed by atoms with E-state index in [1.807, 2.05) is 19.2 Å². The zero-order chi connectivity index (χ0) is 14.7. The highest BCUT2D eigenvalue weighted by Gasteiger charge is 2.19. The fourth-order valence-electron chi connectivity index (χ4n) is 1.82. The molecule has 1 N–H and O–H groups in total. The van der Waals surface area contributed by atoms with Crippen LogP contribution in [0.3, 0.4) is 0 Å². The van der Waals surface area contributed by atoms with Gasteiger partial charge in [-0.3, -0.25) is 0 Å². The van der Waals surface area contributed by atoms with E-state index in [-0.39, 0.29) is 12.0 Å². The first-order valence-corrected chi connectivity index (χ1v) is 7.20. The maximum Gasteiger partial charge on any atom is 0.231 e. The molecular weight excluding hydrogens is 297 g/mol. The molecule has 4 nitrogen and oxygen atoms in total. The summed E-state index contributed by atoms with van der Waals surface area (Å²) in [4.78, 5) is 4.43. The van der Waals surface area contributed by atoms with Crippen molar-refractivity contribution in [3.05, 3.63) is 45.5 Å². The van der Waals surface area contributed by atoms with Gasteiger partial charge in [0.1, 0.15) is 0 Å². The molecule has 0 saturated carbocycles. The van der Waals surface area contributed by atoms with Crippen LogP contribution in [-0.4, -0.2) is 23.2 Å². The van der Waals surface area contributed by atoms with Crippen LogP contribution in [0.15, 0.2) is 22.7 Å². The van der Waals surface area contributed by atoms with Gasteiger partial charge in [0.05, 0.1) is 16.0 Å². The van der Waals surface area contributed by atoms with Gasteiger partial charge in [-0.15, -0.1) is 0 Å². The van der Waals surface area contributed by atoms with E-state index in [9.17, 15) is 0 Å². The maximum atomic E-state index is 5.99. The molecule has 6 heteroatoms. The summed E-state index contributed by atoms with van der Waals surface area (Å²) >= 11 is 11.9. The number of rotatable bonds is 5. The van der Waals surface area contributed by atoms with Crippen molar-refractivity contribution >= 4 is 23.2 Å². The molecule has 2 unspecified atom stereocenters. The molecule has 1 aromatic heterocycles. The van der Waals surface area contributed by atoms with Crippen LogP contribution in [0.25, 0.3) is 0 Å². The van der Waals surface area contributed by atoms with Gasteiger partial charge < -0.3 is 9.84 Å².